The Hall–Kier alpha value is -3.36. The van der Waals surface area contributed by atoms with Crippen molar-refractivity contribution in [2.45, 2.75) is 26.9 Å². The third-order valence-electron chi connectivity index (χ3n) is 5.08. The lowest BCUT2D eigenvalue weighted by molar-refractivity contribution is -0.137. The molecule has 3 aromatic rings. The van der Waals surface area contributed by atoms with Gasteiger partial charge in [0, 0.05) is 25.8 Å². The molecule has 0 amide bonds. The van der Waals surface area contributed by atoms with Gasteiger partial charge in [0.1, 0.15) is 6.54 Å². The summed E-state index contributed by atoms with van der Waals surface area (Å²) < 4.78 is 3.78. The normalized spacial score (nSPS) is 16.4. The van der Waals surface area contributed by atoms with Gasteiger partial charge in [0.25, 0.3) is 5.56 Å². The summed E-state index contributed by atoms with van der Waals surface area (Å²) in [6, 6.07) is 8.02. The Morgan fingerprint density at radius 1 is 1.21 bits per heavy atom. The van der Waals surface area contributed by atoms with E-state index in [1.165, 1.54) is 11.6 Å². The quantitative estimate of drug-likeness (QED) is 0.726. The van der Waals surface area contributed by atoms with E-state index in [2.05, 4.69) is 11.9 Å². The maximum atomic E-state index is 13.0. The molecule has 9 nitrogen and oxygen atoms in total. The first-order valence-electron chi connectivity index (χ1n) is 9.04. The molecule has 0 radical (unpaired) electrons. The Morgan fingerprint density at radius 2 is 1.89 bits per heavy atom. The van der Waals surface area contributed by atoms with Gasteiger partial charge < -0.3 is 14.6 Å². The first-order chi connectivity index (χ1) is 13.3. The molecule has 1 aliphatic heterocycles. The van der Waals surface area contributed by atoms with Crippen LogP contribution < -0.4 is 16.1 Å². The minimum atomic E-state index is -1.24. The zero-order chi connectivity index (χ0) is 20.2. The van der Waals surface area contributed by atoms with Crippen LogP contribution in [0.4, 0.5) is 11.6 Å². The standard InChI is InChI=1S/C19H21N5O4/c1-11-4-6-13(7-5-11)22-8-12(2)9-23-15-16(20-18(22)23)21(3)19(28)24(17(15)27)10-14(25)26/h4-7,12H,8-10H2,1-3H3,(H,25,26)/t12-/m0/s1. The smallest absolute Gasteiger partial charge is 0.333 e. The largest absolute Gasteiger partial charge is 0.480 e. The maximum Gasteiger partial charge on any atom is 0.333 e. The minimum absolute atomic E-state index is 0.232. The van der Waals surface area contributed by atoms with Crippen molar-refractivity contribution in [2.24, 2.45) is 13.0 Å². The summed E-state index contributed by atoms with van der Waals surface area (Å²) in [6.07, 6.45) is 0. The van der Waals surface area contributed by atoms with Crippen LogP contribution in [0.1, 0.15) is 12.5 Å². The number of aryl methyl sites for hydroxylation is 2. The van der Waals surface area contributed by atoms with E-state index in [9.17, 15) is 14.4 Å². The molecule has 0 saturated carbocycles. The van der Waals surface area contributed by atoms with Crippen LogP contribution in [0.5, 0.6) is 0 Å². The van der Waals surface area contributed by atoms with Crippen LogP contribution >= 0.6 is 0 Å². The molecule has 146 valence electrons. The molecule has 0 fully saturated rings. The van der Waals surface area contributed by atoms with E-state index in [1.54, 1.807) is 4.57 Å². The highest BCUT2D eigenvalue weighted by Crippen LogP contribution is 2.32. The van der Waals surface area contributed by atoms with E-state index in [1.807, 2.05) is 36.1 Å². The molecule has 0 spiro atoms. The molecule has 0 aliphatic carbocycles. The minimum Gasteiger partial charge on any atom is -0.480 e. The Kier molecular flexibility index (Phi) is 4.10. The molecular formula is C19H21N5O4. The lowest BCUT2D eigenvalue weighted by Crippen LogP contribution is -2.41. The van der Waals surface area contributed by atoms with Crippen molar-refractivity contribution in [3.05, 3.63) is 50.7 Å². The van der Waals surface area contributed by atoms with Crippen LogP contribution in [0.25, 0.3) is 11.2 Å². The Bertz CT molecular complexity index is 1200. The van der Waals surface area contributed by atoms with E-state index in [-0.39, 0.29) is 17.1 Å². The van der Waals surface area contributed by atoms with Gasteiger partial charge in [-0.2, -0.15) is 4.98 Å². The molecule has 28 heavy (non-hydrogen) atoms. The number of benzene rings is 1. The summed E-state index contributed by atoms with van der Waals surface area (Å²) in [4.78, 5) is 43.2. The van der Waals surface area contributed by atoms with Crippen molar-refractivity contribution in [2.75, 3.05) is 11.4 Å². The summed E-state index contributed by atoms with van der Waals surface area (Å²) >= 11 is 0. The van der Waals surface area contributed by atoms with E-state index in [0.717, 1.165) is 22.4 Å². The lowest BCUT2D eigenvalue weighted by Gasteiger charge is -2.33. The van der Waals surface area contributed by atoms with Crippen molar-refractivity contribution in [1.29, 1.82) is 0 Å². The summed E-state index contributed by atoms with van der Waals surface area (Å²) in [5.74, 6) is -0.431. The molecule has 0 bridgehead atoms. The Balaban J connectivity index is 2.00. The molecule has 0 unspecified atom stereocenters. The zero-order valence-corrected chi connectivity index (χ0v) is 15.9. The Labute approximate surface area is 160 Å². The number of carboxylic acids is 1. The number of anilines is 2. The zero-order valence-electron chi connectivity index (χ0n) is 15.9. The lowest BCUT2D eigenvalue weighted by atomic mass is 10.1. The molecule has 4 rings (SSSR count). The topological polar surface area (TPSA) is 102 Å². The van der Waals surface area contributed by atoms with Crippen LogP contribution in [0.3, 0.4) is 0 Å². The second-order valence-corrected chi connectivity index (χ2v) is 7.37. The van der Waals surface area contributed by atoms with Gasteiger partial charge in [-0.05, 0) is 25.0 Å². The maximum absolute atomic E-state index is 13.0. The van der Waals surface area contributed by atoms with Crippen LogP contribution in [0.15, 0.2) is 33.9 Å². The first-order valence-corrected chi connectivity index (χ1v) is 9.04. The molecule has 2 aromatic heterocycles. The van der Waals surface area contributed by atoms with Crippen molar-refractivity contribution < 1.29 is 9.90 Å². The fraction of sp³-hybridized carbons (Fsp3) is 0.368. The molecule has 9 heteroatoms. The predicted molar refractivity (Wildman–Crippen MR) is 104 cm³/mol. The first kappa shape index (κ1) is 18.0. The number of imidazole rings is 1. The van der Waals surface area contributed by atoms with Crippen LogP contribution in [0.2, 0.25) is 0 Å². The number of fused-ring (bicyclic) bond motifs is 3. The molecule has 1 N–H and O–H groups in total. The van der Waals surface area contributed by atoms with Crippen molar-refractivity contribution in [3.8, 4) is 0 Å². The van der Waals surface area contributed by atoms with E-state index < -0.39 is 23.8 Å². The van der Waals surface area contributed by atoms with Crippen LogP contribution in [-0.4, -0.2) is 36.3 Å². The molecule has 1 aromatic carbocycles. The number of carbonyl (C=O) groups is 1. The average Bonchev–Trinajstić information content (AvgIpc) is 3.03. The fourth-order valence-corrected chi connectivity index (χ4v) is 3.72. The van der Waals surface area contributed by atoms with Gasteiger partial charge in [0.05, 0.1) is 0 Å². The van der Waals surface area contributed by atoms with Crippen LogP contribution in [0, 0.1) is 12.8 Å². The highest BCUT2D eigenvalue weighted by Gasteiger charge is 2.30. The van der Waals surface area contributed by atoms with Crippen molar-refractivity contribution in [3.63, 3.8) is 0 Å². The highest BCUT2D eigenvalue weighted by molar-refractivity contribution is 5.77. The fourth-order valence-electron chi connectivity index (χ4n) is 3.72. The second-order valence-electron chi connectivity index (χ2n) is 7.37. The molecule has 0 saturated heterocycles. The monoisotopic (exact) mass is 383 g/mol. The Morgan fingerprint density at radius 3 is 2.54 bits per heavy atom. The van der Waals surface area contributed by atoms with Gasteiger partial charge in [-0.1, -0.05) is 24.6 Å². The highest BCUT2D eigenvalue weighted by atomic mass is 16.4. The second kappa shape index (κ2) is 6.36. The van der Waals surface area contributed by atoms with Crippen LogP contribution in [-0.2, 0) is 24.9 Å². The number of carboxylic acid groups (broad SMARTS) is 1. The average molecular weight is 383 g/mol. The van der Waals surface area contributed by atoms with Crippen molar-refractivity contribution in [1.82, 2.24) is 18.7 Å². The van der Waals surface area contributed by atoms with Gasteiger partial charge >= 0.3 is 11.7 Å². The molecular weight excluding hydrogens is 362 g/mol. The van der Waals surface area contributed by atoms with E-state index in [4.69, 9.17) is 5.11 Å². The summed E-state index contributed by atoms with van der Waals surface area (Å²) in [5.41, 5.74) is 1.29. The third-order valence-corrected chi connectivity index (χ3v) is 5.08. The van der Waals surface area contributed by atoms with Crippen molar-refractivity contribution >= 4 is 28.8 Å². The number of aliphatic carboxylic acids is 1. The molecule has 1 atom stereocenters. The van der Waals surface area contributed by atoms with Gasteiger partial charge in [0.15, 0.2) is 11.2 Å². The van der Waals surface area contributed by atoms with Gasteiger partial charge in [-0.25, -0.2) is 9.36 Å². The van der Waals surface area contributed by atoms with Gasteiger partial charge in [0.2, 0.25) is 5.95 Å². The molecule has 3 heterocycles. The summed E-state index contributed by atoms with van der Waals surface area (Å²) in [5, 5.41) is 9.08. The third kappa shape index (κ3) is 2.70. The number of aromatic nitrogens is 4. The number of nitrogens with zero attached hydrogens (tertiary/aromatic N) is 5. The van der Waals surface area contributed by atoms with E-state index >= 15 is 0 Å². The molecule has 1 aliphatic rings. The SMILES string of the molecule is Cc1ccc(N2C[C@H](C)Cn3c2nc2c3c(=O)n(CC(=O)O)c(=O)n2C)cc1. The number of hydrogen-bond acceptors (Lipinski definition) is 5. The van der Waals surface area contributed by atoms with E-state index in [0.29, 0.717) is 12.5 Å². The van der Waals surface area contributed by atoms with Gasteiger partial charge in [-0.15, -0.1) is 0 Å². The van der Waals surface area contributed by atoms with Gasteiger partial charge in [-0.3, -0.25) is 14.2 Å². The summed E-state index contributed by atoms with van der Waals surface area (Å²) in [6.45, 7) is 4.70. The number of hydrogen-bond donors (Lipinski definition) is 1. The summed E-state index contributed by atoms with van der Waals surface area (Å²) in [7, 11) is 1.50. The number of rotatable bonds is 3. The predicted octanol–water partition coefficient (Wildman–Crippen LogP) is 1.08.